The van der Waals surface area contributed by atoms with E-state index in [0.717, 1.165) is 52.8 Å². The zero-order chi connectivity index (χ0) is 31.8. The van der Waals surface area contributed by atoms with Crippen LogP contribution in [0, 0.1) is 12.7 Å². The van der Waals surface area contributed by atoms with Gasteiger partial charge < -0.3 is 14.4 Å². The van der Waals surface area contributed by atoms with Crippen molar-refractivity contribution in [2.24, 2.45) is 10.5 Å². The van der Waals surface area contributed by atoms with Crippen LogP contribution in [-0.4, -0.2) is 42.7 Å². The molecule has 0 saturated heterocycles. The topological polar surface area (TPSA) is 97.8 Å². The first kappa shape index (κ1) is 35.6. The monoisotopic (exact) mass is 605 g/mol. The van der Waals surface area contributed by atoms with Crippen LogP contribution in [0.1, 0.15) is 50.9 Å². The first-order chi connectivity index (χ1) is 20.8. The summed E-state index contributed by atoms with van der Waals surface area (Å²) in [6, 6.07) is 24.3. The van der Waals surface area contributed by atoms with Crippen molar-refractivity contribution in [3.63, 3.8) is 0 Å². The molecule has 1 unspecified atom stereocenters. The third-order valence-electron chi connectivity index (χ3n) is 6.58. The Kier molecular flexibility index (Phi) is 15.0. The molecule has 0 radical (unpaired) electrons. The summed E-state index contributed by atoms with van der Waals surface area (Å²) in [5, 5.41) is 7.62. The van der Waals surface area contributed by atoms with Crippen molar-refractivity contribution in [3.05, 3.63) is 102 Å². The number of aliphatic hydroxyl groups is 1. The fraction of sp³-hybridized carbons (Fsp3) is 0.314. The minimum Gasteiger partial charge on any atom is -0.493 e. The Labute approximate surface area is 256 Å². The Morgan fingerprint density at radius 2 is 1.65 bits per heavy atom. The molecule has 0 bridgehead atoms. The highest BCUT2D eigenvalue weighted by Gasteiger charge is 2.23. The van der Waals surface area contributed by atoms with Gasteiger partial charge >= 0.3 is 0 Å². The standard InChI is InChI=1S/C32H35FN3O2P.C2H6.CH4O/c1-4-19-38-30-16-11-24(20-29(30)25-9-7-6-8-10-25)22-35-18-17-28-21-31(39(34,37)5-2)23(3)32(36-28)26-12-14-27(33)15-13-26;2*1-2/h6-16,20-22H,4-5,17-19H2,1-3H3,(H2,34,37);1-2H3;2H,1H3. The molecule has 4 rings (SSSR count). The van der Waals surface area contributed by atoms with E-state index in [-0.39, 0.29) is 5.82 Å². The Hall–Kier alpha value is -3.64. The van der Waals surface area contributed by atoms with Gasteiger partial charge in [0.1, 0.15) is 11.6 Å². The van der Waals surface area contributed by atoms with Gasteiger partial charge in [0.15, 0.2) is 7.29 Å². The van der Waals surface area contributed by atoms with Crippen LogP contribution in [0.3, 0.4) is 0 Å². The normalized spacial score (nSPS) is 12.0. The third kappa shape index (κ3) is 9.96. The summed E-state index contributed by atoms with van der Waals surface area (Å²) in [6.07, 6.45) is 3.68. The number of rotatable bonds is 11. The summed E-state index contributed by atoms with van der Waals surface area (Å²) < 4.78 is 32.7. The number of hydrogen-bond donors (Lipinski definition) is 2. The predicted octanol–water partition coefficient (Wildman–Crippen LogP) is 7.83. The largest absolute Gasteiger partial charge is 0.493 e. The van der Waals surface area contributed by atoms with Crippen LogP contribution in [0.25, 0.3) is 22.4 Å². The lowest BCUT2D eigenvalue weighted by atomic mass is 10.0. The van der Waals surface area contributed by atoms with Gasteiger partial charge in [0.05, 0.1) is 12.3 Å². The molecule has 3 aromatic carbocycles. The highest BCUT2D eigenvalue weighted by atomic mass is 31.2. The van der Waals surface area contributed by atoms with Gasteiger partial charge in [-0.1, -0.05) is 58.0 Å². The van der Waals surface area contributed by atoms with Crippen molar-refractivity contribution in [2.75, 3.05) is 26.4 Å². The Bertz CT molecular complexity index is 1490. The van der Waals surface area contributed by atoms with E-state index in [2.05, 4.69) is 30.1 Å². The second kappa shape index (κ2) is 18.1. The molecule has 0 spiro atoms. The van der Waals surface area contributed by atoms with E-state index in [1.54, 1.807) is 12.1 Å². The van der Waals surface area contributed by atoms with E-state index >= 15 is 0 Å². The van der Waals surface area contributed by atoms with E-state index in [9.17, 15) is 8.96 Å². The molecule has 1 atom stereocenters. The van der Waals surface area contributed by atoms with Gasteiger partial charge in [-0.25, -0.2) is 4.39 Å². The summed E-state index contributed by atoms with van der Waals surface area (Å²) in [4.78, 5) is 9.49. The van der Waals surface area contributed by atoms with E-state index in [1.807, 2.05) is 70.3 Å². The number of aliphatic hydroxyl groups excluding tert-OH is 1. The molecule has 0 saturated carbocycles. The molecule has 4 aromatic rings. The quantitative estimate of drug-likeness (QED) is 0.134. The maximum absolute atomic E-state index is 13.5. The number of aliphatic imine (C=N–C) groups is 1. The average Bonchev–Trinajstić information content (AvgIpc) is 3.05. The lowest BCUT2D eigenvalue weighted by molar-refractivity contribution is 0.318. The van der Waals surface area contributed by atoms with Crippen molar-refractivity contribution in [1.29, 1.82) is 0 Å². The summed E-state index contributed by atoms with van der Waals surface area (Å²) in [5.74, 6) is 0.535. The molecule has 6 nitrogen and oxygen atoms in total. The molecule has 1 heterocycles. The van der Waals surface area contributed by atoms with Crippen molar-refractivity contribution >= 4 is 18.8 Å². The number of pyridine rings is 1. The van der Waals surface area contributed by atoms with Crippen molar-refractivity contribution in [2.45, 2.75) is 47.5 Å². The van der Waals surface area contributed by atoms with Crippen molar-refractivity contribution < 1.29 is 18.8 Å². The molecule has 3 N–H and O–H groups in total. The fourth-order valence-corrected chi connectivity index (χ4v) is 5.77. The van der Waals surface area contributed by atoms with Crippen LogP contribution in [0.15, 0.2) is 83.9 Å². The van der Waals surface area contributed by atoms with E-state index < -0.39 is 7.29 Å². The zero-order valence-corrected chi connectivity index (χ0v) is 27.1. The average molecular weight is 606 g/mol. The third-order valence-corrected chi connectivity index (χ3v) is 8.80. The number of aromatic nitrogens is 1. The summed E-state index contributed by atoms with van der Waals surface area (Å²) in [5.41, 5.74) is 12.3. The number of halogens is 1. The van der Waals surface area contributed by atoms with Gasteiger partial charge in [0.25, 0.3) is 0 Å². The molecule has 8 heteroatoms. The molecule has 0 aliphatic carbocycles. The first-order valence-corrected chi connectivity index (χ1v) is 16.7. The second-order valence-electron chi connectivity index (χ2n) is 9.48. The maximum atomic E-state index is 13.5. The van der Waals surface area contributed by atoms with Crippen LogP contribution in [0.4, 0.5) is 4.39 Å². The smallest absolute Gasteiger partial charge is 0.173 e. The molecular formula is C35H45FN3O3P. The minimum absolute atomic E-state index is 0.319. The van der Waals surface area contributed by atoms with E-state index in [0.29, 0.717) is 36.7 Å². The van der Waals surface area contributed by atoms with Crippen molar-refractivity contribution in [3.8, 4) is 28.1 Å². The van der Waals surface area contributed by atoms with Crippen LogP contribution >= 0.6 is 7.29 Å². The summed E-state index contributed by atoms with van der Waals surface area (Å²) >= 11 is 0. The van der Waals surface area contributed by atoms with Gasteiger partial charge in [0, 0.05) is 54.6 Å². The van der Waals surface area contributed by atoms with Gasteiger partial charge in [-0.2, -0.15) is 0 Å². The molecular weight excluding hydrogens is 560 g/mol. The van der Waals surface area contributed by atoms with Crippen LogP contribution < -0.4 is 15.5 Å². The second-order valence-corrected chi connectivity index (χ2v) is 12.2. The van der Waals surface area contributed by atoms with E-state index in [1.165, 1.54) is 12.1 Å². The minimum atomic E-state index is -3.05. The van der Waals surface area contributed by atoms with Crippen LogP contribution in [0.2, 0.25) is 0 Å². The van der Waals surface area contributed by atoms with Crippen LogP contribution in [-0.2, 0) is 11.0 Å². The number of nitrogens with zero attached hydrogens (tertiary/aromatic N) is 2. The number of nitrogens with two attached hydrogens (primary N) is 1. The molecule has 230 valence electrons. The van der Waals surface area contributed by atoms with Crippen LogP contribution in [0.5, 0.6) is 5.75 Å². The lowest BCUT2D eigenvalue weighted by Gasteiger charge is -2.18. The lowest BCUT2D eigenvalue weighted by Crippen LogP contribution is -2.20. The number of ether oxygens (including phenoxy) is 1. The van der Waals surface area contributed by atoms with Gasteiger partial charge in [-0.15, -0.1) is 0 Å². The first-order valence-electron chi connectivity index (χ1n) is 14.7. The maximum Gasteiger partial charge on any atom is 0.173 e. The number of hydrogen-bond acceptors (Lipinski definition) is 5. The highest BCUT2D eigenvalue weighted by molar-refractivity contribution is 7.69. The summed E-state index contributed by atoms with van der Waals surface area (Å²) in [7, 11) is -2.05. The van der Waals surface area contributed by atoms with Gasteiger partial charge in [-0.3, -0.25) is 15.5 Å². The Morgan fingerprint density at radius 1 is 0.977 bits per heavy atom. The molecule has 43 heavy (non-hydrogen) atoms. The SMILES string of the molecule is CC.CCCOc1ccc(C=NCCc2cc(P(N)(=O)CC)c(C)c(-c3ccc(F)cc3)n2)cc1-c1ccccc1.CO. The molecule has 0 aliphatic heterocycles. The van der Waals surface area contributed by atoms with Crippen molar-refractivity contribution in [1.82, 2.24) is 4.98 Å². The molecule has 0 fully saturated rings. The fourth-order valence-electron chi connectivity index (χ4n) is 4.39. The van der Waals surface area contributed by atoms with Gasteiger partial charge in [-0.05, 0) is 78.6 Å². The molecule has 0 aliphatic rings. The van der Waals surface area contributed by atoms with Gasteiger partial charge in [0.2, 0.25) is 0 Å². The Morgan fingerprint density at radius 3 is 2.28 bits per heavy atom. The van der Waals surface area contributed by atoms with E-state index in [4.69, 9.17) is 20.3 Å². The number of benzene rings is 3. The molecule has 1 aromatic heterocycles. The highest BCUT2D eigenvalue weighted by Crippen LogP contribution is 2.38. The predicted molar refractivity (Wildman–Crippen MR) is 180 cm³/mol. The zero-order valence-electron chi connectivity index (χ0n) is 26.2. The molecule has 0 amide bonds. The summed E-state index contributed by atoms with van der Waals surface area (Å²) in [6.45, 7) is 10.9. The Balaban J connectivity index is 0.00000155.